The van der Waals surface area contributed by atoms with E-state index >= 15 is 0 Å². The van der Waals surface area contributed by atoms with Crippen LogP contribution in [0.4, 0.5) is 11.4 Å². The molecule has 0 aliphatic rings. The van der Waals surface area contributed by atoms with Crippen LogP contribution >= 0.6 is 27.5 Å². The fourth-order valence-corrected chi connectivity index (χ4v) is 4.06. The highest BCUT2D eigenvalue weighted by atomic mass is 79.9. The topological polar surface area (TPSA) is 111 Å². The number of aromatic nitrogens is 4. The number of carbonyl (C=O) groups excluding carboxylic acids is 2. The average Bonchev–Trinajstić information content (AvgIpc) is 3.29. The molecule has 2 N–H and O–H groups in total. The maximum absolute atomic E-state index is 12.6. The van der Waals surface area contributed by atoms with Crippen molar-refractivity contribution in [2.45, 2.75) is 6.42 Å². The van der Waals surface area contributed by atoms with Crippen molar-refractivity contribution in [3.8, 4) is 11.5 Å². The summed E-state index contributed by atoms with van der Waals surface area (Å²) in [5, 5.41) is 13.8. The van der Waals surface area contributed by atoms with E-state index in [4.69, 9.17) is 16.3 Å². The summed E-state index contributed by atoms with van der Waals surface area (Å²) in [4.78, 5) is 29.4. The van der Waals surface area contributed by atoms with E-state index in [9.17, 15) is 9.59 Å². The largest absolute Gasteiger partial charge is 0.455 e. The van der Waals surface area contributed by atoms with Crippen LogP contribution in [0, 0.1) is 0 Å². The van der Waals surface area contributed by atoms with Gasteiger partial charge in [0.15, 0.2) is 5.75 Å². The molecule has 2 aromatic heterocycles. The molecule has 9 nitrogen and oxygen atoms in total. The van der Waals surface area contributed by atoms with Crippen LogP contribution in [-0.2, 0) is 16.0 Å². The van der Waals surface area contributed by atoms with Crippen LogP contribution in [0.3, 0.4) is 0 Å². The number of amides is 2. The first-order valence-electron chi connectivity index (χ1n) is 11.0. The van der Waals surface area contributed by atoms with E-state index in [1.807, 2.05) is 40.9 Å². The highest BCUT2D eigenvalue weighted by molar-refractivity contribution is 9.10. The molecule has 0 saturated heterocycles. The van der Waals surface area contributed by atoms with Gasteiger partial charge in [-0.2, -0.15) is 0 Å². The molecular weight excluding hydrogens is 560 g/mol. The third-order valence-corrected chi connectivity index (χ3v) is 5.98. The minimum Gasteiger partial charge on any atom is -0.455 e. The Kier molecular flexibility index (Phi) is 7.11. The number of benzene rings is 3. The minimum absolute atomic E-state index is 0.262. The smallest absolute Gasteiger partial charge is 0.314 e. The lowest BCUT2D eigenvalue weighted by atomic mass is 10.1. The number of halogens is 2. The number of anilines is 2. The molecule has 11 heteroatoms. The quantitative estimate of drug-likeness (QED) is 0.258. The summed E-state index contributed by atoms with van der Waals surface area (Å²) in [6.45, 7) is 0. The molecule has 0 aliphatic carbocycles. The molecule has 0 aliphatic heterocycles. The third-order valence-electron chi connectivity index (χ3n) is 5.25. The van der Waals surface area contributed by atoms with E-state index in [0.717, 1.165) is 15.9 Å². The van der Waals surface area contributed by atoms with E-state index in [1.165, 1.54) is 6.07 Å². The monoisotopic (exact) mass is 576 g/mol. The van der Waals surface area contributed by atoms with E-state index in [0.29, 0.717) is 34.4 Å². The lowest BCUT2D eigenvalue weighted by Crippen LogP contribution is -2.29. The molecule has 5 aromatic rings. The lowest BCUT2D eigenvalue weighted by Gasteiger charge is -2.13. The number of rotatable bonds is 6. The highest BCUT2D eigenvalue weighted by Crippen LogP contribution is 2.33. The Morgan fingerprint density at radius 1 is 0.946 bits per heavy atom. The molecule has 2 heterocycles. The van der Waals surface area contributed by atoms with Gasteiger partial charge in [0.05, 0.1) is 5.69 Å². The molecule has 0 saturated carbocycles. The van der Waals surface area contributed by atoms with Crippen LogP contribution < -0.4 is 15.4 Å². The van der Waals surface area contributed by atoms with Crippen molar-refractivity contribution in [3.05, 3.63) is 106 Å². The van der Waals surface area contributed by atoms with E-state index < -0.39 is 11.8 Å². The van der Waals surface area contributed by atoms with Gasteiger partial charge in [0.25, 0.3) is 5.78 Å². The Bertz CT molecular complexity index is 1610. The zero-order valence-electron chi connectivity index (χ0n) is 19.1. The standard InChI is InChI=1S/C26H18BrClN6O3/c27-17-3-1-4-20(14-17)37-22-10-7-18(28)15-21(22)31-25(36)24(35)30-19-8-5-16(6-9-19)13-23-32-33-26-29-11-2-12-34(23)26/h1-12,14-15H,13H2,(H,30,35)(H,31,36). The minimum atomic E-state index is -0.868. The molecule has 37 heavy (non-hydrogen) atoms. The Morgan fingerprint density at radius 2 is 1.76 bits per heavy atom. The third kappa shape index (κ3) is 5.93. The SMILES string of the molecule is O=C(Nc1ccc(Cc2nnc3ncccn23)cc1)C(=O)Nc1cc(Cl)ccc1Oc1cccc(Br)c1. The van der Waals surface area contributed by atoms with Crippen molar-refractivity contribution in [3.63, 3.8) is 0 Å². The highest BCUT2D eigenvalue weighted by Gasteiger charge is 2.17. The molecule has 0 spiro atoms. The second-order valence-electron chi connectivity index (χ2n) is 7.89. The Hall–Kier alpha value is -4.28. The second-order valence-corrected chi connectivity index (χ2v) is 9.24. The van der Waals surface area contributed by atoms with Crippen LogP contribution in [0.5, 0.6) is 11.5 Å². The van der Waals surface area contributed by atoms with Gasteiger partial charge < -0.3 is 15.4 Å². The van der Waals surface area contributed by atoms with Crippen LogP contribution in [-0.4, -0.2) is 31.4 Å². The van der Waals surface area contributed by atoms with Gasteiger partial charge in [-0.25, -0.2) is 4.98 Å². The predicted molar refractivity (Wildman–Crippen MR) is 143 cm³/mol. The van der Waals surface area contributed by atoms with Gasteiger partial charge in [-0.15, -0.1) is 10.2 Å². The number of nitrogens with zero attached hydrogens (tertiary/aromatic N) is 4. The number of hydrogen-bond acceptors (Lipinski definition) is 6. The van der Waals surface area contributed by atoms with Gasteiger partial charge in [-0.05, 0) is 60.2 Å². The number of hydrogen-bond donors (Lipinski definition) is 2. The van der Waals surface area contributed by atoms with Gasteiger partial charge in [0.1, 0.15) is 11.6 Å². The molecule has 0 atom stereocenters. The van der Waals surface area contributed by atoms with Gasteiger partial charge in [-0.1, -0.05) is 45.7 Å². The van der Waals surface area contributed by atoms with Crippen molar-refractivity contribution < 1.29 is 14.3 Å². The summed E-state index contributed by atoms with van der Waals surface area (Å²) in [5.41, 5.74) is 1.68. The Labute approximate surface area is 224 Å². The van der Waals surface area contributed by atoms with Crippen molar-refractivity contribution in [2.24, 2.45) is 0 Å². The van der Waals surface area contributed by atoms with Crippen molar-refractivity contribution in [1.82, 2.24) is 19.6 Å². The zero-order valence-corrected chi connectivity index (χ0v) is 21.4. The lowest BCUT2D eigenvalue weighted by molar-refractivity contribution is -0.133. The van der Waals surface area contributed by atoms with Crippen LogP contribution in [0.15, 0.2) is 89.7 Å². The molecule has 0 bridgehead atoms. The summed E-state index contributed by atoms with van der Waals surface area (Å²) < 4.78 is 8.52. The number of ether oxygens (including phenoxy) is 1. The second kappa shape index (κ2) is 10.8. The van der Waals surface area contributed by atoms with E-state index in [-0.39, 0.29) is 5.69 Å². The first-order valence-corrected chi connectivity index (χ1v) is 12.2. The van der Waals surface area contributed by atoms with Gasteiger partial charge >= 0.3 is 11.8 Å². The number of nitrogens with one attached hydrogen (secondary N) is 2. The summed E-state index contributed by atoms with van der Waals surface area (Å²) in [6, 6.07) is 20.9. The predicted octanol–water partition coefficient (Wildman–Crippen LogP) is 5.50. The molecule has 0 fully saturated rings. The van der Waals surface area contributed by atoms with Gasteiger partial charge in [0, 0.05) is 34.0 Å². The Morgan fingerprint density at radius 3 is 2.57 bits per heavy atom. The maximum atomic E-state index is 12.6. The van der Waals surface area contributed by atoms with Crippen LogP contribution in [0.1, 0.15) is 11.4 Å². The van der Waals surface area contributed by atoms with Crippen molar-refractivity contribution in [2.75, 3.05) is 10.6 Å². The molecule has 5 rings (SSSR count). The molecule has 0 unspecified atom stereocenters. The average molecular weight is 578 g/mol. The first-order chi connectivity index (χ1) is 17.9. The van der Waals surface area contributed by atoms with Crippen LogP contribution in [0.25, 0.3) is 5.78 Å². The maximum Gasteiger partial charge on any atom is 0.314 e. The van der Waals surface area contributed by atoms with Crippen molar-refractivity contribution >= 4 is 56.5 Å². The molecule has 0 radical (unpaired) electrons. The summed E-state index contributed by atoms with van der Waals surface area (Å²) >= 11 is 9.50. The summed E-state index contributed by atoms with van der Waals surface area (Å²) in [5.74, 6) is 0.443. The molecule has 3 aromatic carbocycles. The van der Waals surface area contributed by atoms with E-state index in [1.54, 1.807) is 42.6 Å². The number of carbonyl (C=O) groups is 2. The number of fused-ring (bicyclic) bond motifs is 1. The molecule has 2 amide bonds. The van der Waals surface area contributed by atoms with Crippen LogP contribution in [0.2, 0.25) is 5.02 Å². The molecule has 184 valence electrons. The first kappa shape index (κ1) is 24.4. The van der Waals surface area contributed by atoms with Gasteiger partial charge in [-0.3, -0.25) is 14.0 Å². The van der Waals surface area contributed by atoms with Crippen molar-refractivity contribution in [1.29, 1.82) is 0 Å². The fraction of sp³-hybridized carbons (Fsp3) is 0.0385. The van der Waals surface area contributed by atoms with Gasteiger partial charge in [0.2, 0.25) is 0 Å². The fourth-order valence-electron chi connectivity index (χ4n) is 3.51. The molecular formula is C26H18BrClN6O3. The summed E-state index contributed by atoms with van der Waals surface area (Å²) in [6.07, 6.45) is 4.03. The normalized spacial score (nSPS) is 10.8. The summed E-state index contributed by atoms with van der Waals surface area (Å²) in [7, 11) is 0. The Balaban J connectivity index is 1.23. The van der Waals surface area contributed by atoms with E-state index in [2.05, 4.69) is 41.7 Å². The zero-order chi connectivity index (χ0) is 25.8.